The lowest BCUT2D eigenvalue weighted by Gasteiger charge is -2.17. The van der Waals surface area contributed by atoms with E-state index in [-0.39, 0.29) is 25.5 Å². The summed E-state index contributed by atoms with van der Waals surface area (Å²) < 4.78 is 5.17. The highest BCUT2D eigenvalue weighted by Gasteiger charge is 2.36. The number of amides is 2. The summed E-state index contributed by atoms with van der Waals surface area (Å²) in [6.07, 6.45) is 1.01. The van der Waals surface area contributed by atoms with Gasteiger partial charge in [-0.15, -0.1) is 0 Å². The van der Waals surface area contributed by atoms with Crippen LogP contribution in [-0.4, -0.2) is 30.9 Å². The number of carbonyl (C=O) groups is 3. The van der Waals surface area contributed by atoms with Crippen molar-refractivity contribution in [3.63, 3.8) is 0 Å². The molecular weight excluding hydrogens is 368 g/mol. The van der Waals surface area contributed by atoms with Crippen LogP contribution in [0.5, 0.6) is 0 Å². The van der Waals surface area contributed by atoms with Crippen LogP contribution in [0, 0.1) is 19.8 Å². The fourth-order valence-electron chi connectivity index (χ4n) is 3.35. The van der Waals surface area contributed by atoms with Gasteiger partial charge in [-0.2, -0.15) is 0 Å². The van der Waals surface area contributed by atoms with Crippen molar-refractivity contribution < 1.29 is 19.1 Å². The van der Waals surface area contributed by atoms with Gasteiger partial charge in [0.25, 0.3) is 5.91 Å². The molecule has 2 aromatic rings. The Labute approximate surface area is 170 Å². The number of hydrogen-bond acceptors (Lipinski definition) is 4. The highest BCUT2D eigenvalue weighted by atomic mass is 16.5. The van der Waals surface area contributed by atoms with Crippen LogP contribution in [0.4, 0.5) is 11.4 Å². The predicted molar refractivity (Wildman–Crippen MR) is 112 cm³/mol. The van der Waals surface area contributed by atoms with E-state index in [9.17, 15) is 14.4 Å². The molecule has 1 saturated heterocycles. The van der Waals surface area contributed by atoms with E-state index >= 15 is 0 Å². The van der Waals surface area contributed by atoms with Crippen molar-refractivity contribution in [2.45, 2.75) is 33.6 Å². The molecule has 6 nitrogen and oxygen atoms in total. The van der Waals surface area contributed by atoms with E-state index in [1.54, 1.807) is 11.0 Å². The number of hydrogen-bond donors (Lipinski definition) is 1. The second-order valence-electron chi connectivity index (χ2n) is 7.33. The van der Waals surface area contributed by atoms with Crippen molar-refractivity contribution in [1.82, 2.24) is 0 Å². The van der Waals surface area contributed by atoms with Crippen LogP contribution in [0.1, 0.15) is 30.0 Å². The second kappa shape index (κ2) is 8.90. The number of nitrogens with one attached hydrogen (secondary N) is 1. The number of benzene rings is 2. The molecule has 0 unspecified atom stereocenters. The SMILES string of the molecule is CCc1ccc(N2C[C@@H](C(=O)OCC(=O)Nc3cccc(C)c3C)CC2=O)cc1. The molecule has 152 valence electrons. The molecule has 0 radical (unpaired) electrons. The molecule has 1 heterocycles. The first-order chi connectivity index (χ1) is 13.9. The van der Waals surface area contributed by atoms with Crippen LogP contribution >= 0.6 is 0 Å². The van der Waals surface area contributed by atoms with E-state index in [0.29, 0.717) is 5.69 Å². The Bertz CT molecular complexity index is 921. The average Bonchev–Trinajstić information content (AvgIpc) is 3.11. The Morgan fingerprint density at radius 1 is 1.14 bits per heavy atom. The number of ether oxygens (including phenoxy) is 1. The van der Waals surface area contributed by atoms with Crippen LogP contribution < -0.4 is 10.2 Å². The van der Waals surface area contributed by atoms with Crippen LogP contribution in [0.2, 0.25) is 0 Å². The van der Waals surface area contributed by atoms with E-state index in [0.717, 1.165) is 23.2 Å². The third kappa shape index (κ3) is 4.83. The summed E-state index contributed by atoms with van der Waals surface area (Å²) in [5.41, 5.74) is 4.69. The molecular formula is C23H26N2O4. The van der Waals surface area contributed by atoms with Gasteiger partial charge < -0.3 is 15.0 Å². The summed E-state index contributed by atoms with van der Waals surface area (Å²) in [6, 6.07) is 13.4. The highest BCUT2D eigenvalue weighted by molar-refractivity contribution is 6.00. The Hall–Kier alpha value is -3.15. The summed E-state index contributed by atoms with van der Waals surface area (Å²) in [5.74, 6) is -1.61. The van der Waals surface area contributed by atoms with Gasteiger partial charge in [0.1, 0.15) is 0 Å². The Balaban J connectivity index is 1.53. The van der Waals surface area contributed by atoms with Gasteiger partial charge in [-0.25, -0.2) is 0 Å². The minimum absolute atomic E-state index is 0.0902. The molecule has 1 N–H and O–H groups in total. The molecule has 0 saturated carbocycles. The molecule has 2 amide bonds. The predicted octanol–water partition coefficient (Wildman–Crippen LogP) is 3.40. The van der Waals surface area contributed by atoms with Gasteiger partial charge in [0.15, 0.2) is 6.61 Å². The number of nitrogens with zero attached hydrogens (tertiary/aromatic N) is 1. The topological polar surface area (TPSA) is 75.7 Å². The molecule has 0 aromatic heterocycles. The largest absolute Gasteiger partial charge is 0.455 e. The molecule has 0 bridgehead atoms. The third-order valence-electron chi connectivity index (χ3n) is 5.34. The molecule has 1 fully saturated rings. The molecule has 2 aromatic carbocycles. The summed E-state index contributed by atoms with van der Waals surface area (Å²) in [5, 5.41) is 2.76. The Kier molecular flexibility index (Phi) is 6.32. The van der Waals surface area contributed by atoms with E-state index in [1.807, 2.05) is 50.2 Å². The molecule has 1 aliphatic rings. The van der Waals surface area contributed by atoms with Crippen molar-refractivity contribution in [2.75, 3.05) is 23.4 Å². The van der Waals surface area contributed by atoms with Gasteiger partial charge in [0, 0.05) is 24.3 Å². The summed E-state index contributed by atoms with van der Waals surface area (Å²) in [6.45, 7) is 5.84. The Morgan fingerprint density at radius 3 is 2.55 bits per heavy atom. The summed E-state index contributed by atoms with van der Waals surface area (Å²) in [7, 11) is 0. The highest BCUT2D eigenvalue weighted by Crippen LogP contribution is 2.26. The fraction of sp³-hybridized carbons (Fsp3) is 0.348. The molecule has 6 heteroatoms. The zero-order valence-electron chi connectivity index (χ0n) is 17.0. The number of esters is 1. The van der Waals surface area contributed by atoms with E-state index in [2.05, 4.69) is 12.2 Å². The maximum Gasteiger partial charge on any atom is 0.311 e. The lowest BCUT2D eigenvalue weighted by atomic mass is 10.1. The fourth-order valence-corrected chi connectivity index (χ4v) is 3.35. The summed E-state index contributed by atoms with van der Waals surface area (Å²) >= 11 is 0. The van der Waals surface area contributed by atoms with Crippen molar-refractivity contribution in [3.8, 4) is 0 Å². The maximum atomic E-state index is 12.4. The van der Waals surface area contributed by atoms with Crippen LogP contribution in [0.25, 0.3) is 0 Å². The van der Waals surface area contributed by atoms with Gasteiger partial charge in [0.05, 0.1) is 5.92 Å². The molecule has 0 aliphatic carbocycles. The second-order valence-corrected chi connectivity index (χ2v) is 7.33. The van der Waals surface area contributed by atoms with Crippen molar-refractivity contribution in [2.24, 2.45) is 5.92 Å². The van der Waals surface area contributed by atoms with Crippen LogP contribution in [-0.2, 0) is 25.5 Å². The van der Waals surface area contributed by atoms with Crippen molar-refractivity contribution in [1.29, 1.82) is 0 Å². The number of rotatable bonds is 6. The van der Waals surface area contributed by atoms with E-state index in [4.69, 9.17) is 4.74 Å². The molecule has 0 spiro atoms. The lowest BCUT2D eigenvalue weighted by Crippen LogP contribution is -2.28. The van der Waals surface area contributed by atoms with Crippen LogP contribution in [0.15, 0.2) is 42.5 Å². The zero-order valence-corrected chi connectivity index (χ0v) is 17.0. The number of carbonyl (C=O) groups excluding carboxylic acids is 3. The first-order valence-corrected chi connectivity index (χ1v) is 9.81. The number of anilines is 2. The van der Waals surface area contributed by atoms with E-state index < -0.39 is 17.8 Å². The molecule has 29 heavy (non-hydrogen) atoms. The zero-order chi connectivity index (χ0) is 21.0. The first-order valence-electron chi connectivity index (χ1n) is 9.81. The monoisotopic (exact) mass is 394 g/mol. The third-order valence-corrected chi connectivity index (χ3v) is 5.34. The Morgan fingerprint density at radius 2 is 1.86 bits per heavy atom. The summed E-state index contributed by atoms with van der Waals surface area (Å²) in [4.78, 5) is 38.4. The standard InChI is InChI=1S/C23H26N2O4/c1-4-17-8-10-19(11-9-17)25-13-18(12-22(25)27)23(28)29-14-21(26)24-20-7-5-6-15(2)16(20)3/h5-11,18H,4,12-14H2,1-3H3,(H,24,26)/t18-/m0/s1. The molecule has 1 atom stereocenters. The minimum atomic E-state index is -0.568. The smallest absolute Gasteiger partial charge is 0.311 e. The number of aryl methyl sites for hydroxylation is 2. The van der Waals surface area contributed by atoms with Gasteiger partial charge in [-0.05, 0) is 55.2 Å². The van der Waals surface area contributed by atoms with Crippen LogP contribution in [0.3, 0.4) is 0 Å². The quantitative estimate of drug-likeness (QED) is 0.762. The van der Waals surface area contributed by atoms with Crippen molar-refractivity contribution in [3.05, 3.63) is 59.2 Å². The van der Waals surface area contributed by atoms with Gasteiger partial charge in [-0.3, -0.25) is 14.4 Å². The van der Waals surface area contributed by atoms with Gasteiger partial charge in [-0.1, -0.05) is 31.2 Å². The average molecular weight is 394 g/mol. The van der Waals surface area contributed by atoms with Gasteiger partial charge in [0.2, 0.25) is 5.91 Å². The van der Waals surface area contributed by atoms with E-state index in [1.165, 1.54) is 5.56 Å². The first kappa shape index (κ1) is 20.6. The molecule has 1 aliphatic heterocycles. The van der Waals surface area contributed by atoms with Crippen molar-refractivity contribution >= 4 is 29.2 Å². The maximum absolute atomic E-state index is 12.4. The normalized spacial score (nSPS) is 16.0. The lowest BCUT2D eigenvalue weighted by molar-refractivity contribution is -0.151. The van der Waals surface area contributed by atoms with Gasteiger partial charge >= 0.3 is 5.97 Å². The molecule has 3 rings (SSSR count). The minimum Gasteiger partial charge on any atom is -0.455 e.